The molecule has 0 aliphatic carbocycles. The van der Waals surface area contributed by atoms with Gasteiger partial charge in [0.1, 0.15) is 19.2 Å². The highest BCUT2D eigenvalue weighted by Gasteiger charge is 2.42. The molecule has 1 fully saturated rings. The summed E-state index contributed by atoms with van der Waals surface area (Å²) in [7, 11) is 0. The van der Waals surface area contributed by atoms with E-state index in [0.29, 0.717) is 13.2 Å². The van der Waals surface area contributed by atoms with E-state index in [4.69, 9.17) is 9.47 Å². The molecule has 2 heterocycles. The number of benzene rings is 1. The Hall–Kier alpha value is -1.24. The molecule has 19 heavy (non-hydrogen) atoms. The third kappa shape index (κ3) is 2.56. The molecule has 3 rings (SSSR count). The van der Waals surface area contributed by atoms with E-state index >= 15 is 0 Å². The topological polar surface area (TPSA) is 49.2 Å². The zero-order valence-corrected chi connectivity index (χ0v) is 12.1. The normalized spacial score (nSPS) is 26.7. The van der Waals surface area contributed by atoms with E-state index in [9.17, 15) is 0 Å². The van der Waals surface area contributed by atoms with Crippen LogP contribution in [-0.2, 0) is 21.8 Å². The summed E-state index contributed by atoms with van der Waals surface area (Å²) < 4.78 is 14.7. The van der Waals surface area contributed by atoms with Gasteiger partial charge in [-0.2, -0.15) is 5.10 Å². The molecule has 2 aromatic rings. The van der Waals surface area contributed by atoms with Gasteiger partial charge in [0.05, 0.1) is 12.7 Å². The molecule has 0 radical (unpaired) electrons. The van der Waals surface area contributed by atoms with Gasteiger partial charge in [0.25, 0.3) is 0 Å². The van der Waals surface area contributed by atoms with Crippen LogP contribution in [-0.4, -0.2) is 27.5 Å². The van der Waals surface area contributed by atoms with Gasteiger partial charge >= 0.3 is 0 Å². The molecular weight excluding hydrogens is 310 g/mol. The molecule has 0 bridgehead atoms. The number of hydrogen-bond donors (Lipinski definition) is 0. The maximum Gasteiger partial charge on any atom is 0.215 e. The van der Waals surface area contributed by atoms with Gasteiger partial charge < -0.3 is 9.47 Å². The fourth-order valence-electron chi connectivity index (χ4n) is 2.20. The Morgan fingerprint density at radius 1 is 1.42 bits per heavy atom. The number of halogens is 1. The van der Waals surface area contributed by atoms with Crippen molar-refractivity contribution in [1.82, 2.24) is 14.8 Å². The van der Waals surface area contributed by atoms with Crippen LogP contribution in [0.15, 0.2) is 41.4 Å². The minimum Gasteiger partial charge on any atom is -0.342 e. The van der Waals surface area contributed by atoms with Gasteiger partial charge in [-0.1, -0.05) is 28.1 Å². The molecule has 100 valence electrons. The predicted molar refractivity (Wildman–Crippen MR) is 72.3 cm³/mol. The van der Waals surface area contributed by atoms with Crippen LogP contribution in [0.25, 0.3) is 0 Å². The van der Waals surface area contributed by atoms with Gasteiger partial charge in [-0.05, 0) is 19.1 Å². The van der Waals surface area contributed by atoms with E-state index in [1.54, 1.807) is 11.0 Å². The SMILES string of the molecule is C[C@@H]1CO[C@](Cn2cncn2)(c2ccc(Br)cc2)O1. The summed E-state index contributed by atoms with van der Waals surface area (Å²) in [6.45, 7) is 3.06. The lowest BCUT2D eigenvalue weighted by molar-refractivity contribution is -0.186. The summed E-state index contributed by atoms with van der Waals surface area (Å²) in [4.78, 5) is 3.96. The zero-order valence-electron chi connectivity index (χ0n) is 10.5. The summed E-state index contributed by atoms with van der Waals surface area (Å²) in [6.07, 6.45) is 3.23. The molecule has 0 spiro atoms. The summed E-state index contributed by atoms with van der Waals surface area (Å²) in [5.74, 6) is -0.784. The van der Waals surface area contributed by atoms with E-state index in [1.165, 1.54) is 6.33 Å². The van der Waals surface area contributed by atoms with Crippen LogP contribution in [0.5, 0.6) is 0 Å². The Labute approximate surface area is 119 Å². The summed E-state index contributed by atoms with van der Waals surface area (Å²) in [5.41, 5.74) is 0.982. The van der Waals surface area contributed by atoms with Crippen LogP contribution < -0.4 is 0 Å². The van der Waals surface area contributed by atoms with E-state index in [0.717, 1.165) is 10.0 Å². The van der Waals surface area contributed by atoms with Crippen LogP contribution >= 0.6 is 15.9 Å². The van der Waals surface area contributed by atoms with Crippen LogP contribution in [0.4, 0.5) is 0 Å². The Morgan fingerprint density at radius 2 is 2.21 bits per heavy atom. The maximum absolute atomic E-state index is 6.02. The lowest BCUT2D eigenvalue weighted by Crippen LogP contribution is -2.33. The standard InChI is InChI=1S/C13H14BrN3O2/c1-10-6-18-13(19-10,7-17-9-15-8-16-17)11-2-4-12(14)5-3-11/h2-5,8-10H,6-7H2,1H3/t10-,13+/m1/s1. The number of nitrogens with zero attached hydrogens (tertiary/aromatic N) is 3. The number of rotatable bonds is 3. The van der Waals surface area contributed by atoms with Crippen molar-refractivity contribution in [2.24, 2.45) is 0 Å². The van der Waals surface area contributed by atoms with Gasteiger partial charge in [0.15, 0.2) is 0 Å². The van der Waals surface area contributed by atoms with E-state index in [1.807, 2.05) is 31.2 Å². The second kappa shape index (κ2) is 5.03. The third-order valence-electron chi connectivity index (χ3n) is 3.06. The molecule has 6 heteroatoms. The van der Waals surface area contributed by atoms with Crippen molar-refractivity contribution in [2.45, 2.75) is 25.4 Å². The molecule has 1 aliphatic rings. The fourth-order valence-corrected chi connectivity index (χ4v) is 2.47. The first-order chi connectivity index (χ1) is 9.18. The average Bonchev–Trinajstić information content (AvgIpc) is 3.01. The minimum atomic E-state index is -0.784. The highest BCUT2D eigenvalue weighted by Crippen LogP contribution is 2.36. The van der Waals surface area contributed by atoms with Crippen molar-refractivity contribution >= 4 is 15.9 Å². The molecule has 0 N–H and O–H groups in total. The van der Waals surface area contributed by atoms with Gasteiger partial charge in [-0.3, -0.25) is 0 Å². The van der Waals surface area contributed by atoms with Crippen molar-refractivity contribution in [3.05, 3.63) is 47.0 Å². The smallest absolute Gasteiger partial charge is 0.215 e. The van der Waals surface area contributed by atoms with E-state index < -0.39 is 5.79 Å². The number of ether oxygens (including phenoxy) is 2. The second-order valence-corrected chi connectivity index (χ2v) is 5.51. The Bertz CT molecular complexity index is 544. The molecule has 1 aromatic carbocycles. The van der Waals surface area contributed by atoms with Crippen LogP contribution in [0.3, 0.4) is 0 Å². The lowest BCUT2D eigenvalue weighted by Gasteiger charge is -2.28. The summed E-state index contributed by atoms with van der Waals surface area (Å²) in [5, 5.41) is 4.13. The van der Waals surface area contributed by atoms with Crippen LogP contribution in [0.1, 0.15) is 12.5 Å². The molecule has 1 aromatic heterocycles. The van der Waals surface area contributed by atoms with Crippen LogP contribution in [0.2, 0.25) is 0 Å². The molecule has 0 amide bonds. The Kier molecular flexibility index (Phi) is 3.38. The molecule has 5 nitrogen and oxygen atoms in total. The second-order valence-electron chi connectivity index (χ2n) is 4.59. The molecule has 1 saturated heterocycles. The van der Waals surface area contributed by atoms with Gasteiger partial charge in [-0.25, -0.2) is 9.67 Å². The summed E-state index contributed by atoms with van der Waals surface area (Å²) >= 11 is 3.43. The van der Waals surface area contributed by atoms with Gasteiger partial charge in [-0.15, -0.1) is 0 Å². The molecule has 0 unspecified atom stereocenters. The minimum absolute atomic E-state index is 0.0622. The molecule has 0 saturated carbocycles. The first-order valence-electron chi connectivity index (χ1n) is 6.08. The monoisotopic (exact) mass is 323 g/mol. The molecular formula is C13H14BrN3O2. The van der Waals surface area contributed by atoms with Crippen molar-refractivity contribution in [3.8, 4) is 0 Å². The quantitative estimate of drug-likeness (QED) is 0.869. The van der Waals surface area contributed by atoms with Crippen molar-refractivity contribution in [3.63, 3.8) is 0 Å². The van der Waals surface area contributed by atoms with E-state index in [2.05, 4.69) is 26.0 Å². The molecule has 2 atom stereocenters. The van der Waals surface area contributed by atoms with Crippen molar-refractivity contribution in [2.75, 3.05) is 6.61 Å². The van der Waals surface area contributed by atoms with Crippen molar-refractivity contribution < 1.29 is 9.47 Å². The third-order valence-corrected chi connectivity index (χ3v) is 3.59. The number of hydrogen-bond acceptors (Lipinski definition) is 4. The number of aromatic nitrogens is 3. The highest BCUT2D eigenvalue weighted by molar-refractivity contribution is 9.10. The van der Waals surface area contributed by atoms with Crippen molar-refractivity contribution in [1.29, 1.82) is 0 Å². The highest BCUT2D eigenvalue weighted by atomic mass is 79.9. The molecule has 1 aliphatic heterocycles. The Balaban J connectivity index is 1.95. The van der Waals surface area contributed by atoms with E-state index in [-0.39, 0.29) is 6.10 Å². The zero-order chi connectivity index (χ0) is 13.3. The largest absolute Gasteiger partial charge is 0.342 e. The van der Waals surface area contributed by atoms with Gasteiger partial charge in [0.2, 0.25) is 5.79 Å². The first-order valence-corrected chi connectivity index (χ1v) is 6.87. The average molecular weight is 324 g/mol. The summed E-state index contributed by atoms with van der Waals surface area (Å²) in [6, 6.07) is 7.96. The first kappa shape index (κ1) is 12.8. The predicted octanol–water partition coefficient (Wildman–Crippen LogP) is 2.33. The van der Waals surface area contributed by atoms with Crippen LogP contribution in [0, 0.1) is 0 Å². The van der Waals surface area contributed by atoms with Gasteiger partial charge in [0, 0.05) is 10.0 Å². The Morgan fingerprint density at radius 3 is 2.79 bits per heavy atom. The maximum atomic E-state index is 6.02. The lowest BCUT2D eigenvalue weighted by atomic mass is 10.1. The fraction of sp³-hybridized carbons (Fsp3) is 0.385.